The fraction of sp³-hybridized carbons (Fsp3) is 0.357. The molecule has 0 fully saturated rings. The lowest BCUT2D eigenvalue weighted by Gasteiger charge is -2.34. The molecular weight excluding hydrogens is 326 g/mol. The SMILES string of the molecule is Cc1cc(C)n(-c2ccccc2C(O)(C(F)(F)F)C(F)(F)F)n1. The van der Waals surface area contributed by atoms with E-state index in [2.05, 4.69) is 5.10 Å². The molecule has 0 aliphatic carbocycles. The highest BCUT2D eigenvalue weighted by atomic mass is 19.4. The first-order valence-electron chi connectivity index (χ1n) is 6.38. The molecule has 0 atom stereocenters. The number of nitrogens with zero attached hydrogens (tertiary/aromatic N) is 2. The first-order chi connectivity index (χ1) is 10.4. The Labute approximate surface area is 127 Å². The minimum absolute atomic E-state index is 0.335. The molecule has 23 heavy (non-hydrogen) atoms. The van der Waals surface area contributed by atoms with Crippen molar-refractivity contribution in [1.82, 2.24) is 9.78 Å². The van der Waals surface area contributed by atoms with Crippen molar-refractivity contribution in [1.29, 1.82) is 0 Å². The number of hydrogen-bond acceptors (Lipinski definition) is 2. The zero-order valence-electron chi connectivity index (χ0n) is 12.0. The van der Waals surface area contributed by atoms with Crippen LogP contribution in [0, 0.1) is 13.8 Å². The Balaban J connectivity index is 2.80. The highest BCUT2D eigenvalue weighted by molar-refractivity contribution is 5.47. The quantitative estimate of drug-likeness (QED) is 0.846. The molecule has 0 bridgehead atoms. The lowest BCUT2D eigenvalue weighted by atomic mass is 9.90. The summed E-state index contributed by atoms with van der Waals surface area (Å²) in [6, 6.07) is 5.39. The molecule has 9 heteroatoms. The Kier molecular flexibility index (Phi) is 3.96. The number of hydrogen-bond donors (Lipinski definition) is 1. The maximum atomic E-state index is 13.1. The molecule has 0 aliphatic rings. The van der Waals surface area contributed by atoms with Crippen LogP contribution in [-0.2, 0) is 5.60 Å². The van der Waals surface area contributed by atoms with Gasteiger partial charge in [-0.05, 0) is 26.0 Å². The monoisotopic (exact) mass is 338 g/mol. The number of para-hydroxylation sites is 1. The van der Waals surface area contributed by atoms with E-state index in [9.17, 15) is 31.4 Å². The van der Waals surface area contributed by atoms with E-state index in [1.807, 2.05) is 0 Å². The van der Waals surface area contributed by atoms with Crippen molar-refractivity contribution in [3.63, 3.8) is 0 Å². The van der Waals surface area contributed by atoms with Crippen molar-refractivity contribution in [3.05, 3.63) is 47.3 Å². The molecule has 3 nitrogen and oxygen atoms in total. The van der Waals surface area contributed by atoms with E-state index in [-0.39, 0.29) is 0 Å². The second-order valence-corrected chi connectivity index (χ2v) is 5.06. The number of rotatable bonds is 2. The Morgan fingerprint density at radius 3 is 1.91 bits per heavy atom. The smallest absolute Gasteiger partial charge is 0.369 e. The van der Waals surface area contributed by atoms with Gasteiger partial charge in [0.2, 0.25) is 0 Å². The van der Waals surface area contributed by atoms with Crippen molar-refractivity contribution in [2.75, 3.05) is 0 Å². The van der Waals surface area contributed by atoms with Gasteiger partial charge in [0.25, 0.3) is 5.60 Å². The van der Waals surface area contributed by atoms with Crippen LogP contribution in [0.2, 0.25) is 0 Å². The van der Waals surface area contributed by atoms with Crippen LogP contribution in [0.15, 0.2) is 30.3 Å². The summed E-state index contributed by atoms with van der Waals surface area (Å²) >= 11 is 0. The number of halogens is 6. The molecular formula is C14H12F6N2O. The van der Waals surface area contributed by atoms with E-state index >= 15 is 0 Å². The third-order valence-corrected chi connectivity index (χ3v) is 3.35. The summed E-state index contributed by atoms with van der Waals surface area (Å²) in [7, 11) is 0. The molecule has 0 radical (unpaired) electrons. The minimum atomic E-state index is -5.95. The zero-order chi connectivity index (χ0) is 17.6. The number of aliphatic hydroxyl groups is 1. The van der Waals surface area contributed by atoms with Gasteiger partial charge in [0, 0.05) is 11.3 Å². The third-order valence-electron chi connectivity index (χ3n) is 3.35. The van der Waals surface area contributed by atoms with Crippen molar-refractivity contribution in [3.8, 4) is 5.69 Å². The van der Waals surface area contributed by atoms with E-state index in [0.717, 1.165) is 16.8 Å². The van der Waals surface area contributed by atoms with Crippen LogP contribution in [0.5, 0.6) is 0 Å². The van der Waals surface area contributed by atoms with Gasteiger partial charge >= 0.3 is 12.4 Å². The molecule has 0 amide bonds. The van der Waals surface area contributed by atoms with E-state index in [0.29, 0.717) is 17.5 Å². The standard InChI is InChI=1S/C14H12F6N2O/c1-8-7-9(2)22(21-8)11-6-4-3-5-10(11)12(23,13(15,16)17)14(18,19)20/h3-7,23H,1-2H3. The lowest BCUT2D eigenvalue weighted by molar-refractivity contribution is -0.376. The molecule has 1 heterocycles. The van der Waals surface area contributed by atoms with Crippen LogP contribution < -0.4 is 0 Å². The summed E-state index contributed by atoms with van der Waals surface area (Å²) in [6.45, 7) is 3.03. The normalized spacial score (nSPS) is 13.4. The van der Waals surface area contributed by atoms with Crippen molar-refractivity contribution in [2.45, 2.75) is 31.8 Å². The second kappa shape index (κ2) is 5.26. The molecule has 1 N–H and O–H groups in total. The lowest BCUT2D eigenvalue weighted by Crippen LogP contribution is -2.54. The second-order valence-electron chi connectivity index (χ2n) is 5.06. The third kappa shape index (κ3) is 2.69. The highest BCUT2D eigenvalue weighted by Crippen LogP contribution is 2.51. The van der Waals surface area contributed by atoms with Crippen LogP contribution in [0.25, 0.3) is 5.69 Å². The summed E-state index contributed by atoms with van der Waals surface area (Å²) in [6.07, 6.45) is -11.9. The Morgan fingerprint density at radius 2 is 1.48 bits per heavy atom. The highest BCUT2D eigenvalue weighted by Gasteiger charge is 2.72. The van der Waals surface area contributed by atoms with Gasteiger partial charge < -0.3 is 5.11 Å². The largest absolute Gasteiger partial charge is 0.430 e. The van der Waals surface area contributed by atoms with Gasteiger partial charge in [-0.3, -0.25) is 0 Å². The molecule has 2 aromatic rings. The first kappa shape index (κ1) is 17.3. The van der Waals surface area contributed by atoms with E-state index < -0.39 is 29.2 Å². The summed E-state index contributed by atoms with van der Waals surface area (Å²) in [5.41, 5.74) is -6.06. The van der Waals surface area contributed by atoms with Gasteiger partial charge in [-0.15, -0.1) is 0 Å². The van der Waals surface area contributed by atoms with Crippen molar-refractivity contribution < 1.29 is 31.4 Å². The maximum Gasteiger partial charge on any atom is 0.430 e. The maximum absolute atomic E-state index is 13.1. The summed E-state index contributed by atoms with van der Waals surface area (Å²) in [5, 5.41) is 13.5. The summed E-state index contributed by atoms with van der Waals surface area (Å²) < 4.78 is 79.5. The van der Waals surface area contributed by atoms with E-state index in [4.69, 9.17) is 0 Å². The van der Waals surface area contributed by atoms with Crippen LogP contribution >= 0.6 is 0 Å². The van der Waals surface area contributed by atoms with Gasteiger partial charge in [0.05, 0.1) is 11.4 Å². The Morgan fingerprint density at radius 1 is 0.957 bits per heavy atom. The fourth-order valence-electron chi connectivity index (χ4n) is 2.30. The van der Waals surface area contributed by atoms with Crippen molar-refractivity contribution >= 4 is 0 Å². The van der Waals surface area contributed by atoms with Gasteiger partial charge in [0.1, 0.15) is 0 Å². The van der Waals surface area contributed by atoms with Gasteiger partial charge in [-0.25, -0.2) is 4.68 Å². The predicted octanol–water partition coefficient (Wildman–Crippen LogP) is 3.80. The van der Waals surface area contributed by atoms with E-state index in [1.165, 1.54) is 19.1 Å². The van der Waals surface area contributed by atoms with Gasteiger partial charge in [-0.2, -0.15) is 31.4 Å². The molecule has 0 spiro atoms. The number of benzene rings is 1. The molecule has 0 saturated heterocycles. The molecule has 1 aromatic heterocycles. The average molecular weight is 338 g/mol. The zero-order valence-corrected chi connectivity index (χ0v) is 12.0. The fourth-order valence-corrected chi connectivity index (χ4v) is 2.30. The van der Waals surface area contributed by atoms with Gasteiger partial charge in [-0.1, -0.05) is 18.2 Å². The molecule has 0 saturated carbocycles. The molecule has 1 aromatic carbocycles. The van der Waals surface area contributed by atoms with Crippen LogP contribution in [0.1, 0.15) is 17.0 Å². The van der Waals surface area contributed by atoms with Crippen molar-refractivity contribution in [2.24, 2.45) is 0 Å². The van der Waals surface area contributed by atoms with Crippen LogP contribution in [0.4, 0.5) is 26.3 Å². The first-order valence-corrected chi connectivity index (χ1v) is 6.38. The van der Waals surface area contributed by atoms with Gasteiger partial charge in [0.15, 0.2) is 0 Å². The van der Waals surface area contributed by atoms with Crippen LogP contribution in [0.3, 0.4) is 0 Å². The number of alkyl halides is 6. The Hall–Kier alpha value is -2.03. The number of aryl methyl sites for hydroxylation is 2. The Bertz CT molecular complexity index is 703. The van der Waals surface area contributed by atoms with Crippen LogP contribution in [-0.4, -0.2) is 27.2 Å². The number of aromatic nitrogens is 2. The molecule has 0 unspecified atom stereocenters. The summed E-state index contributed by atoms with van der Waals surface area (Å²) in [4.78, 5) is 0. The molecule has 2 rings (SSSR count). The summed E-state index contributed by atoms with van der Waals surface area (Å²) in [5.74, 6) is 0. The minimum Gasteiger partial charge on any atom is -0.369 e. The molecule has 0 aliphatic heterocycles. The topological polar surface area (TPSA) is 38.0 Å². The molecule has 126 valence electrons. The van der Waals surface area contributed by atoms with E-state index in [1.54, 1.807) is 6.92 Å². The predicted molar refractivity (Wildman–Crippen MR) is 69.0 cm³/mol. The average Bonchev–Trinajstić information content (AvgIpc) is 2.74.